The van der Waals surface area contributed by atoms with Gasteiger partial charge in [-0.3, -0.25) is 4.79 Å². The van der Waals surface area contributed by atoms with Crippen molar-refractivity contribution in [2.45, 2.75) is 58.6 Å². The molecule has 0 aliphatic carbocycles. The van der Waals surface area contributed by atoms with Gasteiger partial charge in [-0.25, -0.2) is 9.79 Å². The minimum Gasteiger partial charge on any atom is -0.466 e. The summed E-state index contributed by atoms with van der Waals surface area (Å²) in [4.78, 5) is 32.6. The Morgan fingerprint density at radius 3 is 2.82 bits per heavy atom. The summed E-state index contributed by atoms with van der Waals surface area (Å²) in [6, 6.07) is 5.83. The largest absolute Gasteiger partial charge is 0.466 e. The molecule has 8 heteroatoms. The number of ether oxygens (including phenoxy) is 2. The molecule has 7 nitrogen and oxygen atoms in total. The highest BCUT2D eigenvalue weighted by molar-refractivity contribution is 8.16. The van der Waals surface area contributed by atoms with Crippen LogP contribution in [0.4, 0.5) is 0 Å². The Balaban J connectivity index is 1.66. The number of carbonyl (C=O) groups excluding carboxylic acids is 2. The van der Waals surface area contributed by atoms with E-state index in [0.29, 0.717) is 18.5 Å². The van der Waals surface area contributed by atoms with Crippen LogP contribution in [0.5, 0.6) is 0 Å². The van der Waals surface area contributed by atoms with Gasteiger partial charge in [0.2, 0.25) is 5.91 Å². The Morgan fingerprint density at radius 1 is 1.33 bits per heavy atom. The fraction of sp³-hybridized carbons (Fsp3) is 0.480. The van der Waals surface area contributed by atoms with Crippen LogP contribution < -0.4 is 5.32 Å². The van der Waals surface area contributed by atoms with E-state index >= 15 is 0 Å². The van der Waals surface area contributed by atoms with Crippen molar-refractivity contribution in [3.05, 3.63) is 57.3 Å². The summed E-state index contributed by atoms with van der Waals surface area (Å²) >= 11 is 1.49. The number of aliphatic imine (C=N–C) groups is 1. The van der Waals surface area contributed by atoms with Gasteiger partial charge in [0.1, 0.15) is 0 Å². The summed E-state index contributed by atoms with van der Waals surface area (Å²) in [6.45, 7) is 7.37. The third kappa shape index (κ3) is 4.87. The molecule has 176 valence electrons. The Labute approximate surface area is 199 Å². The fourth-order valence-corrected chi connectivity index (χ4v) is 5.54. The molecular weight excluding hydrogens is 438 g/mol. The molecule has 0 radical (unpaired) electrons. The number of esters is 1. The molecule has 0 spiro atoms. The molecule has 3 aliphatic rings. The SMILES string of the molecule is CCC1=C(C(=O)OC)[C@@H](c2ccc(C)cc2C)N2C(CC(=O)NC[C@@H]3CCCO3)=CSC2=N1. The van der Waals surface area contributed by atoms with Gasteiger partial charge >= 0.3 is 5.97 Å². The fourth-order valence-electron chi connectivity index (χ4n) is 4.60. The highest BCUT2D eigenvalue weighted by atomic mass is 32.2. The van der Waals surface area contributed by atoms with E-state index in [1.165, 1.54) is 18.9 Å². The van der Waals surface area contributed by atoms with Gasteiger partial charge in [-0.05, 0) is 49.6 Å². The summed E-state index contributed by atoms with van der Waals surface area (Å²) in [5.74, 6) is -0.457. The van der Waals surface area contributed by atoms with Crippen molar-refractivity contribution in [2.24, 2.45) is 4.99 Å². The lowest BCUT2D eigenvalue weighted by Gasteiger charge is -2.37. The van der Waals surface area contributed by atoms with E-state index in [0.717, 1.165) is 52.7 Å². The van der Waals surface area contributed by atoms with Crippen molar-refractivity contribution in [1.82, 2.24) is 10.2 Å². The van der Waals surface area contributed by atoms with E-state index in [-0.39, 0.29) is 18.4 Å². The highest BCUT2D eigenvalue weighted by Crippen LogP contribution is 2.46. The molecular formula is C25H31N3O4S. The lowest BCUT2D eigenvalue weighted by atomic mass is 9.89. The van der Waals surface area contributed by atoms with Crippen LogP contribution in [0, 0.1) is 13.8 Å². The van der Waals surface area contributed by atoms with Gasteiger partial charge in [0.25, 0.3) is 0 Å². The number of nitrogens with zero attached hydrogens (tertiary/aromatic N) is 2. The zero-order chi connectivity index (χ0) is 23.5. The molecule has 1 fully saturated rings. The maximum absolute atomic E-state index is 13.0. The summed E-state index contributed by atoms with van der Waals surface area (Å²) in [6.07, 6.45) is 2.92. The molecule has 3 heterocycles. The first-order valence-corrected chi connectivity index (χ1v) is 12.3. The molecule has 0 bridgehead atoms. The van der Waals surface area contributed by atoms with E-state index in [1.807, 2.05) is 17.2 Å². The van der Waals surface area contributed by atoms with Crippen molar-refractivity contribution in [2.75, 3.05) is 20.3 Å². The van der Waals surface area contributed by atoms with E-state index < -0.39 is 12.0 Å². The summed E-state index contributed by atoms with van der Waals surface area (Å²) < 4.78 is 10.8. The number of hydrogen-bond acceptors (Lipinski definition) is 7. The third-order valence-electron chi connectivity index (χ3n) is 6.24. The summed E-state index contributed by atoms with van der Waals surface area (Å²) in [5, 5.41) is 5.75. The molecule has 0 saturated carbocycles. The Kier molecular flexibility index (Phi) is 7.24. The number of amidine groups is 1. The van der Waals surface area contributed by atoms with Gasteiger partial charge < -0.3 is 19.7 Å². The first kappa shape index (κ1) is 23.6. The van der Waals surface area contributed by atoms with Crippen molar-refractivity contribution in [3.8, 4) is 0 Å². The summed E-state index contributed by atoms with van der Waals surface area (Å²) in [7, 11) is 1.40. The van der Waals surface area contributed by atoms with Gasteiger partial charge in [-0.2, -0.15) is 0 Å². The average Bonchev–Trinajstić information content (AvgIpc) is 3.46. The number of methoxy groups -OCH3 is 1. The number of aryl methyl sites for hydroxylation is 2. The number of benzene rings is 1. The predicted octanol–water partition coefficient (Wildman–Crippen LogP) is 4.13. The Bertz CT molecular complexity index is 1040. The number of nitrogens with one attached hydrogen (secondary N) is 1. The van der Waals surface area contributed by atoms with Crippen LogP contribution in [-0.2, 0) is 19.1 Å². The number of hydrogen-bond donors (Lipinski definition) is 1. The van der Waals surface area contributed by atoms with Crippen molar-refractivity contribution in [1.29, 1.82) is 0 Å². The number of allylic oxidation sites excluding steroid dienone is 1. The molecule has 1 amide bonds. The number of carbonyl (C=O) groups is 2. The first-order chi connectivity index (χ1) is 15.9. The normalized spacial score (nSPS) is 22.1. The predicted molar refractivity (Wildman–Crippen MR) is 130 cm³/mol. The standard InChI is InChI=1S/C25H31N3O4S/c1-5-20-22(24(30)31-4)23(19-9-8-15(2)11-16(19)3)28-17(14-33-25(28)27-20)12-21(29)26-13-18-7-6-10-32-18/h8-9,11,14,18,23H,5-7,10,12-13H2,1-4H3,(H,26,29)/t18-,23+/m0/s1. The monoisotopic (exact) mass is 469 g/mol. The molecule has 1 aromatic carbocycles. The maximum Gasteiger partial charge on any atom is 0.338 e. The van der Waals surface area contributed by atoms with E-state index in [4.69, 9.17) is 14.5 Å². The van der Waals surface area contributed by atoms with E-state index in [1.54, 1.807) is 0 Å². The first-order valence-electron chi connectivity index (χ1n) is 11.4. The quantitative estimate of drug-likeness (QED) is 0.605. The number of fused-ring (bicyclic) bond motifs is 1. The van der Waals surface area contributed by atoms with Crippen molar-refractivity contribution < 1.29 is 19.1 Å². The van der Waals surface area contributed by atoms with Crippen LogP contribution in [0.1, 0.15) is 55.3 Å². The lowest BCUT2D eigenvalue weighted by molar-refractivity contribution is -0.136. The number of rotatable bonds is 7. The maximum atomic E-state index is 13.0. The molecule has 1 N–H and O–H groups in total. The van der Waals surface area contributed by atoms with Crippen molar-refractivity contribution in [3.63, 3.8) is 0 Å². The van der Waals surface area contributed by atoms with E-state index in [9.17, 15) is 9.59 Å². The molecule has 3 aliphatic heterocycles. The minimum atomic E-state index is -0.396. The van der Waals surface area contributed by atoms with Crippen LogP contribution in [0.25, 0.3) is 0 Å². The van der Waals surface area contributed by atoms with Crippen LogP contribution in [0.3, 0.4) is 0 Å². The topological polar surface area (TPSA) is 80.2 Å². The van der Waals surface area contributed by atoms with Gasteiger partial charge in [-0.15, -0.1) is 0 Å². The second-order valence-corrected chi connectivity index (χ2v) is 9.41. The number of thioether (sulfide) groups is 1. The third-order valence-corrected chi connectivity index (χ3v) is 7.13. The number of amides is 1. The minimum absolute atomic E-state index is 0.0668. The Hall–Kier alpha value is -2.58. The Morgan fingerprint density at radius 2 is 2.15 bits per heavy atom. The molecule has 4 rings (SSSR count). The van der Waals surface area contributed by atoms with Gasteiger partial charge in [0.05, 0.1) is 36.9 Å². The summed E-state index contributed by atoms with van der Waals surface area (Å²) in [5.41, 5.74) is 5.32. The zero-order valence-electron chi connectivity index (χ0n) is 19.6. The highest BCUT2D eigenvalue weighted by Gasteiger charge is 2.42. The lowest BCUT2D eigenvalue weighted by Crippen LogP contribution is -2.39. The molecule has 1 saturated heterocycles. The zero-order valence-corrected chi connectivity index (χ0v) is 20.5. The average molecular weight is 470 g/mol. The van der Waals surface area contributed by atoms with Crippen LogP contribution in [0.2, 0.25) is 0 Å². The smallest absolute Gasteiger partial charge is 0.338 e. The van der Waals surface area contributed by atoms with Crippen LogP contribution in [0.15, 0.2) is 45.6 Å². The molecule has 0 aromatic heterocycles. The molecule has 33 heavy (non-hydrogen) atoms. The van der Waals surface area contributed by atoms with Crippen molar-refractivity contribution >= 4 is 28.8 Å². The van der Waals surface area contributed by atoms with Gasteiger partial charge in [-0.1, -0.05) is 42.4 Å². The van der Waals surface area contributed by atoms with E-state index in [2.05, 4.69) is 37.4 Å². The van der Waals surface area contributed by atoms with Gasteiger partial charge in [0, 0.05) is 18.8 Å². The molecule has 0 unspecified atom stereocenters. The van der Waals surface area contributed by atoms with Crippen LogP contribution in [-0.4, -0.2) is 48.3 Å². The van der Waals surface area contributed by atoms with Gasteiger partial charge in [0.15, 0.2) is 5.17 Å². The molecule has 2 atom stereocenters. The second-order valence-electron chi connectivity index (χ2n) is 8.58. The van der Waals surface area contributed by atoms with Crippen LogP contribution >= 0.6 is 11.8 Å². The second kappa shape index (κ2) is 10.1. The molecule has 1 aromatic rings.